The number of allylic oxidation sites excluding steroid dienone is 14. The van der Waals surface area contributed by atoms with Crippen LogP contribution in [0.3, 0.4) is 0 Å². The molecule has 1 atom stereocenters. The van der Waals surface area contributed by atoms with Crippen molar-refractivity contribution in [2.45, 2.75) is 194 Å². The summed E-state index contributed by atoms with van der Waals surface area (Å²) < 4.78 is 16.6. The van der Waals surface area contributed by atoms with E-state index in [-0.39, 0.29) is 31.6 Å². The van der Waals surface area contributed by atoms with E-state index in [4.69, 9.17) is 14.2 Å². The highest BCUT2D eigenvalue weighted by Gasteiger charge is 2.19. The summed E-state index contributed by atoms with van der Waals surface area (Å²) in [4.78, 5) is 37.6. The minimum absolute atomic E-state index is 0.120. The Morgan fingerprint density at radius 3 is 1.40 bits per heavy atom. The molecule has 312 valence electrons. The van der Waals surface area contributed by atoms with Crippen LogP contribution in [0.25, 0.3) is 0 Å². The van der Waals surface area contributed by atoms with Crippen LogP contribution in [0.15, 0.2) is 85.1 Å². The SMILES string of the molecule is CC\C=C/C=C\C=C/CCCCCCCC(=O)OCC(COC(=O)CCCCC/C=C\C=C/CCCC)OC(=O)CC/C=C\C/C=C\CCCCCCCC. The second-order valence-corrected chi connectivity index (χ2v) is 14.3. The lowest BCUT2D eigenvalue weighted by atomic mass is 10.1. The zero-order valence-corrected chi connectivity index (χ0v) is 35.4. The highest BCUT2D eigenvalue weighted by Crippen LogP contribution is 2.11. The Balaban J connectivity index is 4.54. The van der Waals surface area contributed by atoms with Crippen LogP contribution in [0.1, 0.15) is 188 Å². The number of carbonyl (C=O) groups excluding carboxylic acids is 3. The van der Waals surface area contributed by atoms with Gasteiger partial charge in [-0.3, -0.25) is 14.4 Å². The summed E-state index contributed by atoms with van der Waals surface area (Å²) in [6, 6.07) is 0. The second kappa shape index (κ2) is 43.3. The third-order valence-electron chi connectivity index (χ3n) is 8.96. The van der Waals surface area contributed by atoms with E-state index >= 15 is 0 Å². The van der Waals surface area contributed by atoms with Crippen LogP contribution in [0.5, 0.6) is 0 Å². The van der Waals surface area contributed by atoms with Gasteiger partial charge in [-0.2, -0.15) is 0 Å². The molecule has 6 nitrogen and oxygen atoms in total. The van der Waals surface area contributed by atoms with Gasteiger partial charge < -0.3 is 14.2 Å². The normalized spacial score (nSPS) is 12.9. The number of carbonyl (C=O) groups is 3. The summed E-state index contributed by atoms with van der Waals surface area (Å²) in [5.74, 6) is -1.05. The number of unbranched alkanes of at least 4 members (excludes halogenated alkanes) is 16. The van der Waals surface area contributed by atoms with Crippen LogP contribution in [0.2, 0.25) is 0 Å². The van der Waals surface area contributed by atoms with Crippen molar-refractivity contribution in [3.8, 4) is 0 Å². The van der Waals surface area contributed by atoms with Gasteiger partial charge in [-0.1, -0.05) is 176 Å². The lowest BCUT2D eigenvalue weighted by Gasteiger charge is -2.18. The molecule has 0 N–H and O–H groups in total. The monoisotopic (exact) mass is 765 g/mol. The first kappa shape index (κ1) is 51.6. The van der Waals surface area contributed by atoms with Crippen molar-refractivity contribution < 1.29 is 28.6 Å². The van der Waals surface area contributed by atoms with Crippen LogP contribution in [-0.4, -0.2) is 37.2 Å². The largest absolute Gasteiger partial charge is 0.462 e. The smallest absolute Gasteiger partial charge is 0.306 e. The van der Waals surface area contributed by atoms with Gasteiger partial charge in [0.15, 0.2) is 6.10 Å². The van der Waals surface area contributed by atoms with Crippen LogP contribution in [0.4, 0.5) is 0 Å². The van der Waals surface area contributed by atoms with Gasteiger partial charge in [-0.05, 0) is 77.0 Å². The molecule has 0 heterocycles. The Labute approximate surface area is 337 Å². The summed E-state index contributed by atoms with van der Waals surface area (Å²) in [7, 11) is 0. The van der Waals surface area contributed by atoms with Gasteiger partial charge >= 0.3 is 17.9 Å². The minimum Gasteiger partial charge on any atom is -0.462 e. The fourth-order valence-electron chi connectivity index (χ4n) is 5.59. The maximum Gasteiger partial charge on any atom is 0.306 e. The minimum atomic E-state index is -0.824. The van der Waals surface area contributed by atoms with Crippen molar-refractivity contribution in [2.75, 3.05) is 13.2 Å². The summed E-state index contributed by atoms with van der Waals surface area (Å²) in [5, 5.41) is 0. The molecule has 0 rings (SSSR count). The van der Waals surface area contributed by atoms with E-state index in [1.807, 2.05) is 12.2 Å². The highest BCUT2D eigenvalue weighted by molar-refractivity contribution is 5.71. The van der Waals surface area contributed by atoms with Gasteiger partial charge in [0.2, 0.25) is 0 Å². The third-order valence-corrected chi connectivity index (χ3v) is 8.96. The van der Waals surface area contributed by atoms with Crippen LogP contribution in [-0.2, 0) is 28.6 Å². The summed E-state index contributed by atoms with van der Waals surface area (Å²) in [5.41, 5.74) is 0. The molecule has 6 heteroatoms. The van der Waals surface area contributed by atoms with Crippen LogP contribution < -0.4 is 0 Å². The lowest BCUT2D eigenvalue weighted by Crippen LogP contribution is -2.30. The van der Waals surface area contributed by atoms with Crippen molar-refractivity contribution >= 4 is 17.9 Å². The number of rotatable bonds is 38. The average molecular weight is 765 g/mol. The van der Waals surface area contributed by atoms with Gasteiger partial charge in [0.1, 0.15) is 13.2 Å². The lowest BCUT2D eigenvalue weighted by molar-refractivity contribution is -0.166. The molecule has 0 bridgehead atoms. The van der Waals surface area contributed by atoms with Gasteiger partial charge in [-0.25, -0.2) is 0 Å². The summed E-state index contributed by atoms with van der Waals surface area (Å²) in [6.45, 7) is 6.32. The molecule has 0 aliphatic carbocycles. The number of hydrogen-bond acceptors (Lipinski definition) is 6. The predicted molar refractivity (Wildman–Crippen MR) is 233 cm³/mol. The first-order valence-corrected chi connectivity index (χ1v) is 22.1. The second-order valence-electron chi connectivity index (χ2n) is 14.3. The quantitative estimate of drug-likeness (QED) is 0.0205. The first-order chi connectivity index (χ1) is 27.0. The van der Waals surface area contributed by atoms with Crippen molar-refractivity contribution in [3.63, 3.8) is 0 Å². The highest BCUT2D eigenvalue weighted by atomic mass is 16.6. The third kappa shape index (κ3) is 41.6. The van der Waals surface area contributed by atoms with E-state index in [1.54, 1.807) is 0 Å². The van der Waals surface area contributed by atoms with Gasteiger partial charge in [0.05, 0.1) is 0 Å². The Bertz CT molecular complexity index is 1110. The van der Waals surface area contributed by atoms with E-state index in [2.05, 4.69) is 93.7 Å². The van der Waals surface area contributed by atoms with E-state index in [1.165, 1.54) is 51.4 Å². The standard InChI is InChI=1S/C49H80O6/c1-4-7-10-13-16-19-22-24-27-30-33-36-39-42-48(51)54-45-46(44-53-47(50)41-38-35-32-29-26-21-18-15-12-9-6-3)55-49(52)43-40-37-34-31-28-25-23-20-17-14-11-8-5-2/h7,10,13,15-16,18-19,21-22,25-26,28,34,37,46H,4-6,8-9,11-12,14,17,20,23-24,27,29-33,35-36,38-45H2,1-3H3/b10-7-,16-13-,18-15-,22-19-,26-21-,28-25-,37-34-. The maximum absolute atomic E-state index is 12.7. The number of esters is 3. The van der Waals surface area contributed by atoms with Crippen molar-refractivity contribution in [1.82, 2.24) is 0 Å². The zero-order chi connectivity index (χ0) is 40.1. The Hall–Kier alpha value is -3.41. The molecule has 0 aliphatic heterocycles. The van der Waals surface area contributed by atoms with Gasteiger partial charge in [-0.15, -0.1) is 0 Å². The van der Waals surface area contributed by atoms with Crippen molar-refractivity contribution in [2.24, 2.45) is 0 Å². The molecule has 0 aliphatic rings. The molecule has 0 saturated heterocycles. The zero-order valence-electron chi connectivity index (χ0n) is 35.4. The van der Waals surface area contributed by atoms with Crippen LogP contribution in [0, 0.1) is 0 Å². The molecule has 0 fully saturated rings. The molecule has 0 aromatic carbocycles. The van der Waals surface area contributed by atoms with Gasteiger partial charge in [0, 0.05) is 19.3 Å². The molecular formula is C49H80O6. The molecular weight excluding hydrogens is 685 g/mol. The number of ether oxygens (including phenoxy) is 3. The molecule has 1 unspecified atom stereocenters. The first-order valence-electron chi connectivity index (χ1n) is 22.1. The molecule has 0 amide bonds. The molecule has 0 saturated carbocycles. The van der Waals surface area contributed by atoms with E-state index in [0.29, 0.717) is 19.3 Å². The fraction of sp³-hybridized carbons (Fsp3) is 0.653. The summed E-state index contributed by atoms with van der Waals surface area (Å²) >= 11 is 0. The Morgan fingerprint density at radius 1 is 0.400 bits per heavy atom. The van der Waals surface area contributed by atoms with Gasteiger partial charge in [0.25, 0.3) is 0 Å². The Morgan fingerprint density at radius 2 is 0.836 bits per heavy atom. The molecule has 55 heavy (non-hydrogen) atoms. The van der Waals surface area contributed by atoms with E-state index in [9.17, 15) is 14.4 Å². The predicted octanol–water partition coefficient (Wildman–Crippen LogP) is 14.1. The number of hydrogen-bond donors (Lipinski definition) is 0. The van der Waals surface area contributed by atoms with Crippen LogP contribution >= 0.6 is 0 Å². The van der Waals surface area contributed by atoms with Crippen molar-refractivity contribution in [1.29, 1.82) is 0 Å². The average Bonchev–Trinajstić information content (AvgIpc) is 3.18. The van der Waals surface area contributed by atoms with Crippen molar-refractivity contribution in [3.05, 3.63) is 85.1 Å². The molecule has 0 aromatic heterocycles. The molecule has 0 aromatic rings. The molecule has 0 spiro atoms. The topological polar surface area (TPSA) is 78.9 Å². The molecule has 0 radical (unpaired) electrons. The fourth-order valence-corrected chi connectivity index (χ4v) is 5.59. The summed E-state index contributed by atoms with van der Waals surface area (Å²) in [6.07, 6.45) is 54.4. The Kier molecular flexibility index (Phi) is 40.6. The van der Waals surface area contributed by atoms with E-state index in [0.717, 1.165) is 89.9 Å². The van der Waals surface area contributed by atoms with E-state index < -0.39 is 12.1 Å². The maximum atomic E-state index is 12.7.